The number of rotatable bonds is 5. The van der Waals surface area contributed by atoms with Crippen LogP contribution in [0.15, 0.2) is 0 Å². The van der Waals surface area contributed by atoms with Gasteiger partial charge in [-0.3, -0.25) is 0 Å². The quantitative estimate of drug-likeness (QED) is 0.425. The van der Waals surface area contributed by atoms with Crippen LogP contribution in [0.1, 0.15) is 12.8 Å². The summed E-state index contributed by atoms with van der Waals surface area (Å²) in [5, 5.41) is 0. The molecule has 0 atom stereocenters. The van der Waals surface area contributed by atoms with E-state index in [1.54, 1.807) is 0 Å². The fraction of sp³-hybridized carbons (Fsp3) is 0.800. The molecule has 9 heavy (non-hydrogen) atoms. The van der Waals surface area contributed by atoms with E-state index in [1.165, 1.54) is 0 Å². The molecule has 2 N–H and O–H groups in total. The minimum absolute atomic E-state index is 0. The van der Waals surface area contributed by atoms with Gasteiger partial charge in [-0.25, -0.2) is 13.0 Å². The summed E-state index contributed by atoms with van der Waals surface area (Å²) in [6, 6.07) is 0. The van der Waals surface area contributed by atoms with Crippen LogP contribution >= 0.6 is 0 Å². The summed E-state index contributed by atoms with van der Waals surface area (Å²) in [4.78, 5) is 4.31. The molecule has 0 saturated carbocycles. The first-order valence-corrected chi connectivity index (χ1v) is 2.60. The second-order valence-corrected chi connectivity index (χ2v) is 1.49. The molecule has 0 aliphatic rings. The van der Waals surface area contributed by atoms with Crippen LogP contribution in [0.25, 0.3) is 0 Å². The molecule has 0 aromatic carbocycles. The molecule has 0 aliphatic carbocycles. The largest absolute Gasteiger partial charge is 0.555 e. The molecule has 0 fully saturated rings. The van der Waals surface area contributed by atoms with Crippen molar-refractivity contribution in [2.45, 2.75) is 12.8 Å². The Morgan fingerprint density at radius 3 is 2.22 bits per heavy atom. The molecule has 0 saturated heterocycles. The van der Waals surface area contributed by atoms with E-state index in [2.05, 4.69) is 16.7 Å². The number of hydrogen-bond acceptors (Lipinski definition) is 3. The van der Waals surface area contributed by atoms with Crippen LogP contribution in [0, 0.1) is 7.11 Å². The first-order chi connectivity index (χ1) is 3.91. The van der Waals surface area contributed by atoms with E-state index in [0.29, 0.717) is 13.2 Å². The van der Waals surface area contributed by atoms with Crippen LogP contribution in [0.5, 0.6) is 0 Å². The predicted octanol–water partition coefficient (Wildman–Crippen LogP) is 0.465. The van der Waals surface area contributed by atoms with Crippen molar-refractivity contribution in [1.29, 1.82) is 0 Å². The van der Waals surface area contributed by atoms with Gasteiger partial charge in [0.05, 0.1) is 6.61 Å². The third-order valence-corrected chi connectivity index (χ3v) is 0.801. The van der Waals surface area contributed by atoms with E-state index in [4.69, 9.17) is 5.90 Å². The van der Waals surface area contributed by atoms with Gasteiger partial charge in [-0.2, -0.15) is 0 Å². The van der Waals surface area contributed by atoms with Crippen molar-refractivity contribution in [2.75, 3.05) is 13.2 Å². The van der Waals surface area contributed by atoms with Crippen molar-refractivity contribution in [3.8, 4) is 0 Å². The zero-order valence-corrected chi connectivity index (χ0v) is 12.0. The summed E-state index contributed by atoms with van der Waals surface area (Å²) in [6.07, 6.45) is 1.90. The Bertz CT molecular complexity index is 39.9. The Balaban J connectivity index is 0. The molecule has 0 radical (unpaired) electrons. The number of unbranched alkanes of at least 4 members (excludes halogenated alkanes) is 1. The van der Waals surface area contributed by atoms with Gasteiger partial charge < -0.3 is 9.57 Å². The predicted molar refractivity (Wildman–Crippen MR) is 30.7 cm³/mol. The van der Waals surface area contributed by atoms with Gasteiger partial charge in [-0.15, -0.1) is 0 Å². The second kappa shape index (κ2) is 9.99. The van der Waals surface area contributed by atoms with E-state index in [-0.39, 0.29) is 0 Å². The maximum absolute atomic E-state index is 4.75. The van der Waals surface area contributed by atoms with Crippen LogP contribution in [-0.4, -0.2) is 13.2 Å². The molecule has 0 rings (SSSR count). The van der Waals surface area contributed by atoms with Crippen LogP contribution in [0.2, 0.25) is 0 Å². The molecular formula is C5H12NO2Rf-. The molecule has 0 spiro atoms. The molecule has 0 aromatic heterocycles. The van der Waals surface area contributed by atoms with Crippen LogP contribution in [0.3, 0.4) is 0 Å². The first kappa shape index (κ1) is 10.8. The maximum Gasteiger partial charge on any atom is 0.0680 e. The van der Waals surface area contributed by atoms with Gasteiger partial charge in [-0.05, 0) is 12.8 Å². The maximum atomic E-state index is 4.75. The monoisotopic (exact) mass is 385 g/mol. The van der Waals surface area contributed by atoms with Gasteiger partial charge in [0.2, 0.25) is 0 Å². The zero-order valence-electron chi connectivity index (χ0n) is 5.64. The molecule has 4 heteroatoms. The van der Waals surface area contributed by atoms with Gasteiger partial charge in [0.1, 0.15) is 0 Å². The topological polar surface area (TPSA) is 44.5 Å². The Hall–Kier alpha value is -1.12. The van der Waals surface area contributed by atoms with Gasteiger partial charge in [-0.1, -0.05) is 0 Å². The van der Waals surface area contributed by atoms with E-state index < -0.39 is 0 Å². The smallest absolute Gasteiger partial charge is 0.0680 e. The molecule has 0 aliphatic heterocycles. The van der Waals surface area contributed by atoms with Crippen molar-refractivity contribution < 1.29 is 9.57 Å². The Kier molecular flexibility index (Phi) is 12.0. The third-order valence-electron chi connectivity index (χ3n) is 0.801. The van der Waals surface area contributed by atoms with Gasteiger partial charge in [0.25, 0.3) is 0 Å². The van der Waals surface area contributed by atoms with E-state index in [9.17, 15) is 0 Å². The van der Waals surface area contributed by atoms with Crippen molar-refractivity contribution in [2.24, 2.45) is 5.90 Å². The van der Waals surface area contributed by atoms with Crippen molar-refractivity contribution in [1.82, 2.24) is 0 Å². The Morgan fingerprint density at radius 2 is 1.78 bits per heavy atom. The fourth-order valence-electron chi connectivity index (χ4n) is 0.390. The van der Waals surface area contributed by atoms with Crippen LogP contribution in [-0.2, 0) is 9.57 Å². The summed E-state index contributed by atoms with van der Waals surface area (Å²) in [5.74, 6) is 4.75. The molecule has 0 aromatic rings. The van der Waals surface area contributed by atoms with E-state index in [0.717, 1.165) is 12.8 Å². The summed E-state index contributed by atoms with van der Waals surface area (Å²) in [6.45, 7) is 1.28. The Labute approximate surface area is 49.7 Å². The summed E-state index contributed by atoms with van der Waals surface area (Å²) in [5.41, 5.74) is 0. The average molecular weight is 385 g/mol. The number of nitrogens with two attached hydrogens (primary N) is 1. The summed E-state index contributed by atoms with van der Waals surface area (Å²) >= 11 is 0. The fourth-order valence-corrected chi connectivity index (χ4v) is 0.390. The number of ether oxygens (including phenoxy) is 1. The third kappa shape index (κ3) is 10.9. The minimum Gasteiger partial charge on any atom is -0.555 e. The Morgan fingerprint density at radius 1 is 1.22 bits per heavy atom. The summed E-state index contributed by atoms with van der Waals surface area (Å²) in [7, 11) is 3.21. The van der Waals surface area contributed by atoms with E-state index in [1.807, 2.05) is 0 Å². The first-order valence-electron chi connectivity index (χ1n) is 2.60. The molecule has 52 valence electrons. The molecular weight excluding hydrogens is 373 g/mol. The van der Waals surface area contributed by atoms with Crippen LogP contribution < -0.4 is 5.90 Å². The van der Waals surface area contributed by atoms with Gasteiger partial charge >= 0.3 is 0 Å². The zero-order chi connectivity index (χ0) is 6.24. The van der Waals surface area contributed by atoms with Crippen molar-refractivity contribution in [3.63, 3.8) is 0 Å². The van der Waals surface area contributed by atoms with Crippen LogP contribution in [0.4, 0.5) is 0 Å². The average Bonchev–Trinajstić information content (AvgIpc) is 1.81. The standard InChI is InChI=1S/C5H12NO2.Rf/c1-7-4-2-3-5-8-6;/h1-6H2;/q-1;. The molecule has 0 heterocycles. The van der Waals surface area contributed by atoms with Gasteiger partial charge in [0.15, 0.2) is 0 Å². The summed E-state index contributed by atoms with van der Waals surface area (Å²) < 4.78 is 4.54. The number of hydrogen-bond donors (Lipinski definition) is 1. The molecule has 0 bridgehead atoms. The van der Waals surface area contributed by atoms with Crippen molar-refractivity contribution >= 4 is 0 Å². The van der Waals surface area contributed by atoms with Gasteiger partial charge in [0, 0.05) is 6.61 Å². The molecule has 0 amide bonds. The normalized spacial score (nSPS) is 8.67. The molecule has 3 nitrogen and oxygen atoms in total. The second-order valence-electron chi connectivity index (χ2n) is 1.49. The molecule has 0 unspecified atom stereocenters. The van der Waals surface area contributed by atoms with E-state index >= 15 is 0 Å². The van der Waals surface area contributed by atoms with Crippen molar-refractivity contribution in [3.05, 3.63) is 7.11 Å². The SMILES string of the molecule is [CH2-]OCCCCON.[Rf]. The minimum atomic E-state index is 0.